The van der Waals surface area contributed by atoms with Gasteiger partial charge in [0.05, 0.1) is 34.4 Å². The van der Waals surface area contributed by atoms with E-state index in [1.807, 2.05) is 50.3 Å². The number of ketones is 1. The summed E-state index contributed by atoms with van der Waals surface area (Å²) in [5.41, 5.74) is 4.47. The maximum Gasteiger partial charge on any atom is 0.217 e. The minimum atomic E-state index is -0.243. The second kappa shape index (κ2) is 7.28. The Morgan fingerprint density at radius 1 is 1.13 bits per heavy atom. The molecule has 0 aliphatic carbocycles. The highest BCUT2D eigenvalue weighted by Gasteiger charge is 2.24. The van der Waals surface area contributed by atoms with Crippen LogP contribution in [0.4, 0.5) is 0 Å². The maximum atomic E-state index is 13.3. The Labute approximate surface area is 177 Å². The van der Waals surface area contributed by atoms with Gasteiger partial charge in [-0.3, -0.25) is 4.79 Å². The Balaban J connectivity index is 1.78. The molecule has 0 saturated carbocycles. The molecular formula is C24H20N4O3. The van der Waals surface area contributed by atoms with Gasteiger partial charge in [0, 0.05) is 28.7 Å². The molecule has 31 heavy (non-hydrogen) atoms. The Morgan fingerprint density at radius 3 is 2.68 bits per heavy atom. The van der Waals surface area contributed by atoms with Crippen LogP contribution in [0.15, 0.2) is 58.2 Å². The van der Waals surface area contributed by atoms with Gasteiger partial charge in [-0.05, 0) is 37.6 Å². The van der Waals surface area contributed by atoms with Crippen LogP contribution in [-0.4, -0.2) is 28.0 Å². The Hall–Kier alpha value is -4.13. The zero-order valence-electron chi connectivity index (χ0n) is 17.3. The van der Waals surface area contributed by atoms with Crippen molar-refractivity contribution in [3.63, 3.8) is 0 Å². The van der Waals surface area contributed by atoms with E-state index in [9.17, 15) is 4.79 Å². The fourth-order valence-corrected chi connectivity index (χ4v) is 3.87. The van der Waals surface area contributed by atoms with Crippen molar-refractivity contribution in [2.75, 3.05) is 7.11 Å². The van der Waals surface area contributed by atoms with E-state index in [1.165, 1.54) is 6.26 Å². The fraction of sp³-hybridized carbons (Fsp3) is 0.125. The lowest BCUT2D eigenvalue weighted by molar-refractivity contribution is 0.104. The SMILES string of the molecule is COc1cc(=C2N=c3ccccc3=C2C(=O)c2ccon2)[nH]/c1=C\c1[nH]c(C)cc1C. The molecule has 5 rings (SSSR count). The molecule has 2 N–H and O–H groups in total. The number of aromatic nitrogens is 3. The summed E-state index contributed by atoms with van der Waals surface area (Å²) in [5.74, 6) is 0.418. The number of fused-ring (bicyclic) bond motifs is 1. The van der Waals surface area contributed by atoms with Gasteiger partial charge in [-0.25, -0.2) is 4.99 Å². The first-order valence-corrected chi connectivity index (χ1v) is 9.84. The molecule has 0 amide bonds. The van der Waals surface area contributed by atoms with Gasteiger partial charge in [-0.1, -0.05) is 23.4 Å². The highest BCUT2D eigenvalue weighted by molar-refractivity contribution is 6.34. The van der Waals surface area contributed by atoms with Gasteiger partial charge in [-0.2, -0.15) is 0 Å². The molecule has 4 aromatic rings. The molecule has 1 aliphatic rings. The van der Waals surface area contributed by atoms with E-state index in [1.54, 1.807) is 13.2 Å². The summed E-state index contributed by atoms with van der Waals surface area (Å²) >= 11 is 0. The Bertz CT molecular complexity index is 1550. The zero-order chi connectivity index (χ0) is 21.5. The predicted octanol–water partition coefficient (Wildman–Crippen LogP) is 1.26. The van der Waals surface area contributed by atoms with Crippen LogP contribution < -0.4 is 26.0 Å². The minimum Gasteiger partial charge on any atom is -0.494 e. The number of benzene rings is 1. The molecule has 0 spiro atoms. The van der Waals surface area contributed by atoms with E-state index >= 15 is 0 Å². The summed E-state index contributed by atoms with van der Waals surface area (Å²) in [6.45, 7) is 4.06. The van der Waals surface area contributed by atoms with Crippen molar-refractivity contribution in [1.29, 1.82) is 0 Å². The number of H-pyrrole nitrogens is 2. The van der Waals surface area contributed by atoms with Gasteiger partial charge in [-0.15, -0.1) is 0 Å². The first kappa shape index (κ1) is 18.9. The maximum absolute atomic E-state index is 13.3. The van der Waals surface area contributed by atoms with Crippen molar-refractivity contribution in [1.82, 2.24) is 15.1 Å². The van der Waals surface area contributed by atoms with Crippen LogP contribution in [0.5, 0.6) is 5.75 Å². The second-order valence-electron chi connectivity index (χ2n) is 7.42. The monoisotopic (exact) mass is 412 g/mol. The molecule has 0 saturated heterocycles. The van der Waals surface area contributed by atoms with Crippen molar-refractivity contribution in [3.05, 3.63) is 92.6 Å². The Kier molecular flexibility index (Phi) is 4.43. The average molecular weight is 412 g/mol. The lowest BCUT2D eigenvalue weighted by atomic mass is 10.0. The third-order valence-electron chi connectivity index (χ3n) is 5.30. The van der Waals surface area contributed by atoms with E-state index in [0.717, 1.165) is 32.9 Å². The highest BCUT2D eigenvalue weighted by atomic mass is 16.5. The summed E-state index contributed by atoms with van der Waals surface area (Å²) in [5, 5.41) is 6.80. The predicted molar refractivity (Wildman–Crippen MR) is 115 cm³/mol. The number of ether oxygens (including phenoxy) is 1. The molecule has 7 heteroatoms. The van der Waals surface area contributed by atoms with Gasteiger partial charge in [0.1, 0.15) is 12.0 Å². The highest BCUT2D eigenvalue weighted by Crippen LogP contribution is 2.19. The van der Waals surface area contributed by atoms with Crippen molar-refractivity contribution < 1.29 is 14.1 Å². The van der Waals surface area contributed by atoms with Crippen LogP contribution in [0.3, 0.4) is 0 Å². The molecule has 0 unspecified atom stereocenters. The normalized spacial score (nSPS) is 15.2. The molecule has 1 aliphatic heterocycles. The molecule has 0 radical (unpaired) electrons. The topological polar surface area (TPSA) is 96.3 Å². The third kappa shape index (κ3) is 3.20. The number of rotatable bonds is 4. The first-order chi connectivity index (χ1) is 15.0. The van der Waals surface area contributed by atoms with Gasteiger partial charge >= 0.3 is 0 Å². The molecule has 4 heterocycles. The van der Waals surface area contributed by atoms with E-state index in [4.69, 9.17) is 14.3 Å². The van der Waals surface area contributed by atoms with Crippen molar-refractivity contribution >= 4 is 23.1 Å². The van der Waals surface area contributed by atoms with Crippen molar-refractivity contribution in [3.8, 4) is 5.75 Å². The molecule has 0 atom stereocenters. The average Bonchev–Trinajstić information content (AvgIpc) is 3.53. The molecular weight excluding hydrogens is 392 g/mol. The summed E-state index contributed by atoms with van der Waals surface area (Å²) in [6, 6.07) is 13.1. The van der Waals surface area contributed by atoms with Gasteiger partial charge in [0.15, 0.2) is 5.69 Å². The van der Waals surface area contributed by atoms with Gasteiger partial charge in [0.25, 0.3) is 0 Å². The first-order valence-electron chi connectivity index (χ1n) is 9.84. The quantitative estimate of drug-likeness (QED) is 0.493. The number of para-hydroxylation sites is 1. The van der Waals surface area contributed by atoms with Crippen LogP contribution in [0.1, 0.15) is 27.4 Å². The third-order valence-corrected chi connectivity index (χ3v) is 5.30. The zero-order valence-corrected chi connectivity index (χ0v) is 17.3. The number of nitrogens with zero attached hydrogens (tertiary/aromatic N) is 2. The van der Waals surface area contributed by atoms with Crippen molar-refractivity contribution in [2.24, 2.45) is 4.99 Å². The number of carbonyl (C=O) groups excluding carboxylic acids is 1. The number of aromatic amines is 2. The number of hydrogen-bond acceptors (Lipinski definition) is 5. The summed E-state index contributed by atoms with van der Waals surface area (Å²) in [7, 11) is 1.62. The summed E-state index contributed by atoms with van der Waals surface area (Å²) in [4.78, 5) is 24.7. The number of aryl methyl sites for hydroxylation is 2. The van der Waals surface area contributed by atoms with Gasteiger partial charge < -0.3 is 19.2 Å². The van der Waals surface area contributed by atoms with Crippen LogP contribution in [0, 0.1) is 13.8 Å². The molecule has 3 aromatic heterocycles. The van der Waals surface area contributed by atoms with Gasteiger partial charge in [0.2, 0.25) is 5.78 Å². The molecule has 7 nitrogen and oxygen atoms in total. The number of nitrogens with one attached hydrogen (secondary N) is 2. The number of Topliss-reactive ketones (excluding diaryl/α,β-unsaturated/α-hetero) is 1. The smallest absolute Gasteiger partial charge is 0.217 e. The van der Waals surface area contributed by atoms with Crippen molar-refractivity contribution in [2.45, 2.75) is 13.8 Å². The summed E-state index contributed by atoms with van der Waals surface area (Å²) in [6.07, 6.45) is 3.38. The fourth-order valence-electron chi connectivity index (χ4n) is 3.87. The Morgan fingerprint density at radius 2 is 1.97 bits per heavy atom. The standard InChI is InChI=1S/C24H20N4O3/c1-13-10-14(2)25-18(13)11-19-21(30-3)12-20(26-19)23-22(24(29)17-8-9-31-28-17)15-6-4-5-7-16(15)27-23/h4-12,25-26H,1-3H3/b19-11-,23-20?. The van der Waals surface area contributed by atoms with Crippen LogP contribution >= 0.6 is 0 Å². The largest absolute Gasteiger partial charge is 0.494 e. The second-order valence-corrected chi connectivity index (χ2v) is 7.42. The van der Waals surface area contributed by atoms with E-state index in [2.05, 4.69) is 21.2 Å². The van der Waals surface area contributed by atoms with Crippen LogP contribution in [-0.2, 0) is 0 Å². The number of methoxy groups -OCH3 is 1. The lowest BCUT2D eigenvalue weighted by Gasteiger charge is -2.00. The molecule has 1 aromatic carbocycles. The number of carbonyl (C=O) groups is 1. The van der Waals surface area contributed by atoms with E-state index < -0.39 is 0 Å². The van der Waals surface area contributed by atoms with E-state index in [-0.39, 0.29) is 11.5 Å². The lowest BCUT2D eigenvalue weighted by Crippen LogP contribution is -2.25. The number of hydrogen-bond donors (Lipinski definition) is 2. The van der Waals surface area contributed by atoms with Crippen LogP contribution in [0.2, 0.25) is 0 Å². The van der Waals surface area contributed by atoms with Crippen LogP contribution in [0.25, 0.3) is 17.3 Å². The minimum absolute atomic E-state index is 0.238. The molecule has 0 fully saturated rings. The summed E-state index contributed by atoms with van der Waals surface area (Å²) < 4.78 is 10.5. The van der Waals surface area contributed by atoms with E-state index in [0.29, 0.717) is 22.4 Å². The molecule has 154 valence electrons. The molecule has 0 bridgehead atoms.